The molecule has 4 nitrogen and oxygen atoms in total. The quantitative estimate of drug-likeness (QED) is 0.481. The van der Waals surface area contributed by atoms with Crippen molar-refractivity contribution in [2.24, 2.45) is 0 Å². The zero-order valence-corrected chi connectivity index (χ0v) is 8.41. The summed E-state index contributed by atoms with van der Waals surface area (Å²) < 4.78 is -0.504. The normalized spacial score (nSPS) is 15.9. The van der Waals surface area contributed by atoms with Crippen LogP contribution in [0, 0.1) is 0 Å². The zero-order valence-electron chi connectivity index (χ0n) is 6.25. The van der Waals surface area contributed by atoms with Gasteiger partial charge in [0.1, 0.15) is 3.92 Å². The van der Waals surface area contributed by atoms with Crippen LogP contribution in [0.3, 0.4) is 0 Å². The van der Waals surface area contributed by atoms with E-state index in [1.807, 2.05) is 0 Å². The fourth-order valence-electron chi connectivity index (χ4n) is 0.659. The van der Waals surface area contributed by atoms with Crippen molar-refractivity contribution < 1.29 is 15.0 Å². The molecule has 0 rings (SSSR count). The molecule has 5 heteroatoms. The number of carboxylic acid groups (broad SMARTS) is 1. The van der Waals surface area contributed by atoms with E-state index in [1.54, 1.807) is 29.6 Å². The van der Waals surface area contributed by atoms with E-state index in [0.29, 0.717) is 6.54 Å². The Hall–Kier alpha value is 0.120. The van der Waals surface area contributed by atoms with Crippen molar-refractivity contribution in [2.45, 2.75) is 16.4 Å². The topological polar surface area (TPSA) is 69.6 Å². The Morgan fingerprint density at radius 3 is 2.64 bits per heavy atom. The number of aliphatic hydroxyl groups excluding tert-OH is 1. The molecule has 11 heavy (non-hydrogen) atoms. The minimum Gasteiger partial charge on any atom is -0.480 e. The summed E-state index contributed by atoms with van der Waals surface area (Å²) in [6, 6.07) is 0. The molecule has 0 aromatic heterocycles. The number of carbonyl (C=O) groups is 1. The molecule has 0 radical (unpaired) electrons. The van der Waals surface area contributed by atoms with Crippen LogP contribution in [-0.2, 0) is 4.79 Å². The molecule has 0 bridgehead atoms. The molecule has 0 amide bonds. The molecular formula is C6H12INO3. The summed E-state index contributed by atoms with van der Waals surface area (Å²) in [5, 5.41) is 20.4. The Kier molecular flexibility index (Phi) is 5.79. The first kappa shape index (κ1) is 11.1. The van der Waals surface area contributed by atoms with Crippen molar-refractivity contribution in [1.29, 1.82) is 0 Å². The van der Waals surface area contributed by atoms with Gasteiger partial charge in [-0.25, -0.2) is 0 Å². The van der Waals surface area contributed by atoms with Crippen molar-refractivity contribution in [1.82, 2.24) is 5.32 Å². The Balaban J connectivity index is 3.56. The highest BCUT2D eigenvalue weighted by Gasteiger charge is 2.16. The Labute approximate surface area is 79.1 Å². The molecule has 0 spiro atoms. The highest BCUT2D eigenvalue weighted by atomic mass is 127. The Bertz CT molecular complexity index is 131. The monoisotopic (exact) mass is 273 g/mol. The van der Waals surface area contributed by atoms with Crippen LogP contribution in [0.25, 0.3) is 0 Å². The number of aliphatic hydroxyl groups is 1. The number of alkyl halides is 1. The van der Waals surface area contributed by atoms with Gasteiger partial charge in [0.2, 0.25) is 0 Å². The summed E-state index contributed by atoms with van der Waals surface area (Å²) in [4.78, 5) is 10.3. The van der Waals surface area contributed by atoms with Crippen LogP contribution >= 0.6 is 22.6 Å². The highest BCUT2D eigenvalue weighted by molar-refractivity contribution is 14.1. The van der Waals surface area contributed by atoms with Gasteiger partial charge in [0.25, 0.3) is 0 Å². The molecule has 0 fully saturated rings. The Morgan fingerprint density at radius 1 is 1.73 bits per heavy atom. The van der Waals surface area contributed by atoms with Crippen molar-refractivity contribution in [3.05, 3.63) is 0 Å². The van der Waals surface area contributed by atoms with Gasteiger partial charge in [-0.05, 0) is 13.5 Å². The summed E-state index contributed by atoms with van der Waals surface area (Å²) in [5.74, 6) is -0.874. The van der Waals surface area contributed by atoms with Gasteiger partial charge in [0.15, 0.2) is 0 Å². The summed E-state index contributed by atoms with van der Waals surface area (Å²) in [6.07, 6.45) is -0.283. The molecule has 2 unspecified atom stereocenters. The van der Waals surface area contributed by atoms with Gasteiger partial charge < -0.3 is 15.5 Å². The van der Waals surface area contributed by atoms with Gasteiger partial charge in [-0.2, -0.15) is 0 Å². The lowest BCUT2D eigenvalue weighted by Gasteiger charge is -2.10. The fourth-order valence-corrected chi connectivity index (χ4v) is 1.25. The van der Waals surface area contributed by atoms with Crippen LogP contribution in [0.1, 0.15) is 6.42 Å². The predicted octanol–water partition coefficient (Wildman–Crippen LogP) is -0.155. The number of nitrogens with one attached hydrogen (secondary N) is 1. The molecule has 0 aromatic rings. The number of hydrogen-bond donors (Lipinski definition) is 3. The summed E-state index contributed by atoms with van der Waals surface area (Å²) >= 11 is 1.80. The largest absolute Gasteiger partial charge is 0.480 e. The molecule has 0 saturated carbocycles. The lowest BCUT2D eigenvalue weighted by atomic mass is 10.2. The van der Waals surface area contributed by atoms with Gasteiger partial charge >= 0.3 is 5.97 Å². The van der Waals surface area contributed by atoms with Crippen molar-refractivity contribution >= 4 is 28.6 Å². The molecule has 0 aliphatic carbocycles. The van der Waals surface area contributed by atoms with Crippen molar-refractivity contribution in [3.8, 4) is 0 Å². The number of likely N-dealkylation sites (N-methyl/N-ethyl adjacent to an activating group) is 1. The highest BCUT2D eigenvalue weighted by Crippen LogP contribution is 2.08. The van der Waals surface area contributed by atoms with E-state index in [1.165, 1.54) is 0 Å². The second-order valence-electron chi connectivity index (χ2n) is 2.25. The van der Waals surface area contributed by atoms with Crippen LogP contribution in [0.4, 0.5) is 0 Å². The van der Waals surface area contributed by atoms with E-state index in [0.717, 1.165) is 0 Å². The zero-order chi connectivity index (χ0) is 8.85. The smallest absolute Gasteiger partial charge is 0.316 e. The Morgan fingerprint density at radius 2 is 2.27 bits per heavy atom. The van der Waals surface area contributed by atoms with Crippen LogP contribution in [0.15, 0.2) is 0 Å². The molecule has 0 aliphatic rings. The molecule has 3 N–H and O–H groups in total. The van der Waals surface area contributed by atoms with E-state index in [9.17, 15) is 4.79 Å². The maximum Gasteiger partial charge on any atom is 0.316 e. The first-order valence-electron chi connectivity index (χ1n) is 3.27. The van der Waals surface area contributed by atoms with Gasteiger partial charge in [0, 0.05) is 6.54 Å². The molecule has 66 valence electrons. The van der Waals surface area contributed by atoms with Crippen LogP contribution in [-0.4, -0.2) is 39.8 Å². The van der Waals surface area contributed by atoms with Crippen molar-refractivity contribution in [2.75, 3.05) is 13.6 Å². The van der Waals surface area contributed by atoms with Gasteiger partial charge in [-0.15, -0.1) is 0 Å². The third-order valence-electron chi connectivity index (χ3n) is 1.19. The van der Waals surface area contributed by atoms with Crippen LogP contribution in [0.2, 0.25) is 0 Å². The van der Waals surface area contributed by atoms with E-state index in [-0.39, 0.29) is 6.42 Å². The van der Waals surface area contributed by atoms with Gasteiger partial charge in [0.05, 0.1) is 6.10 Å². The fraction of sp³-hybridized carbons (Fsp3) is 0.833. The van der Waals surface area contributed by atoms with E-state index in [2.05, 4.69) is 5.32 Å². The molecule has 0 saturated heterocycles. The lowest BCUT2D eigenvalue weighted by Crippen LogP contribution is -2.28. The summed E-state index contributed by atoms with van der Waals surface area (Å²) in [6.45, 7) is 0.437. The maximum absolute atomic E-state index is 10.3. The average molecular weight is 273 g/mol. The number of carboxylic acids is 1. The molecule has 0 aliphatic heterocycles. The minimum atomic E-state index is -0.874. The van der Waals surface area contributed by atoms with Gasteiger partial charge in [-0.1, -0.05) is 22.6 Å². The van der Waals surface area contributed by atoms with Gasteiger partial charge in [-0.3, -0.25) is 4.79 Å². The molecule has 0 aromatic carbocycles. The van der Waals surface area contributed by atoms with E-state index in [4.69, 9.17) is 10.2 Å². The third-order valence-corrected chi connectivity index (χ3v) is 2.23. The first-order valence-corrected chi connectivity index (χ1v) is 4.52. The molecule has 0 heterocycles. The maximum atomic E-state index is 10.3. The number of aliphatic carboxylic acids is 1. The summed E-state index contributed by atoms with van der Waals surface area (Å²) in [5.41, 5.74) is 0. The first-order chi connectivity index (χ1) is 5.07. The molecule has 2 atom stereocenters. The van der Waals surface area contributed by atoms with Crippen LogP contribution < -0.4 is 5.32 Å². The van der Waals surface area contributed by atoms with E-state index >= 15 is 0 Å². The summed E-state index contributed by atoms with van der Waals surface area (Å²) in [7, 11) is 1.71. The standard InChI is InChI=1S/C6H12INO3/c1-8-3-4(9)2-5(7)6(10)11/h4-5,8-9H,2-3H2,1H3,(H,10,11). The molecular weight excluding hydrogens is 261 g/mol. The number of halogens is 1. The number of rotatable bonds is 5. The second-order valence-corrected chi connectivity index (χ2v) is 3.76. The third kappa shape index (κ3) is 5.40. The SMILES string of the molecule is CNCC(O)CC(I)C(=O)O. The predicted molar refractivity (Wildman–Crippen MR) is 50.0 cm³/mol. The van der Waals surface area contributed by atoms with Crippen LogP contribution in [0.5, 0.6) is 0 Å². The minimum absolute atomic E-state index is 0.288. The second kappa shape index (κ2) is 5.73. The lowest BCUT2D eigenvalue weighted by molar-refractivity contribution is -0.136. The van der Waals surface area contributed by atoms with Crippen molar-refractivity contribution in [3.63, 3.8) is 0 Å². The van der Waals surface area contributed by atoms with E-state index < -0.39 is 16.0 Å². The average Bonchev–Trinajstić information content (AvgIpc) is 1.87. The number of hydrogen-bond acceptors (Lipinski definition) is 3.